The third kappa shape index (κ3) is 2.82. The zero-order valence-electron chi connectivity index (χ0n) is 15.4. The van der Waals surface area contributed by atoms with Gasteiger partial charge in [0.25, 0.3) is 5.91 Å². The number of benzene rings is 1. The lowest BCUT2D eigenvalue weighted by Crippen LogP contribution is -2.32. The lowest BCUT2D eigenvalue weighted by atomic mass is 9.92. The van der Waals surface area contributed by atoms with Crippen molar-refractivity contribution >= 4 is 5.91 Å². The number of hydrogen-bond donors (Lipinski definition) is 1. The van der Waals surface area contributed by atoms with E-state index in [4.69, 9.17) is 4.52 Å². The highest BCUT2D eigenvalue weighted by atomic mass is 19.1. The number of nitrogens with zero attached hydrogens (tertiary/aromatic N) is 3. The van der Waals surface area contributed by atoms with Crippen molar-refractivity contribution in [2.45, 2.75) is 51.0 Å². The van der Waals surface area contributed by atoms with Crippen LogP contribution in [0, 0.1) is 5.82 Å². The van der Waals surface area contributed by atoms with Crippen LogP contribution in [0.2, 0.25) is 0 Å². The zero-order valence-corrected chi connectivity index (χ0v) is 15.4. The van der Waals surface area contributed by atoms with Gasteiger partial charge in [-0.15, -0.1) is 0 Å². The van der Waals surface area contributed by atoms with E-state index in [0.717, 1.165) is 67.5 Å². The molecule has 144 valence electrons. The molecule has 2 heterocycles. The highest BCUT2D eigenvalue weighted by molar-refractivity contribution is 5.94. The number of carbonyl (C=O) groups excluding carboxylic acids is 1. The van der Waals surface area contributed by atoms with E-state index in [1.165, 1.54) is 6.07 Å². The highest BCUT2D eigenvalue weighted by Crippen LogP contribution is 2.32. The van der Waals surface area contributed by atoms with Crippen LogP contribution in [0.3, 0.4) is 0 Å². The second-order valence-electron chi connectivity index (χ2n) is 7.47. The van der Waals surface area contributed by atoms with Gasteiger partial charge in [-0.1, -0.05) is 17.3 Å². The van der Waals surface area contributed by atoms with Gasteiger partial charge in [-0.25, -0.2) is 9.07 Å². The number of amides is 1. The molecular formula is C21H21FN4O2. The first-order valence-corrected chi connectivity index (χ1v) is 9.82. The van der Waals surface area contributed by atoms with E-state index < -0.39 is 0 Å². The number of nitrogens with one attached hydrogen (secondary N) is 1. The summed E-state index contributed by atoms with van der Waals surface area (Å²) >= 11 is 0. The summed E-state index contributed by atoms with van der Waals surface area (Å²) in [7, 11) is 0. The summed E-state index contributed by atoms with van der Waals surface area (Å²) in [6.45, 7) is 0. The van der Waals surface area contributed by atoms with E-state index in [1.54, 1.807) is 29.1 Å². The molecule has 5 rings (SSSR count). The van der Waals surface area contributed by atoms with Crippen molar-refractivity contribution in [1.29, 1.82) is 0 Å². The van der Waals surface area contributed by atoms with Gasteiger partial charge in [0, 0.05) is 23.2 Å². The number of carbonyl (C=O) groups is 1. The summed E-state index contributed by atoms with van der Waals surface area (Å²) in [6.07, 6.45) is 8.07. The Morgan fingerprint density at radius 3 is 2.93 bits per heavy atom. The zero-order chi connectivity index (χ0) is 19.1. The molecule has 1 amide bonds. The lowest BCUT2D eigenvalue weighted by Gasteiger charge is -2.24. The van der Waals surface area contributed by atoms with Crippen LogP contribution < -0.4 is 5.32 Å². The largest absolute Gasteiger partial charge is 0.360 e. The number of aryl methyl sites for hydroxylation is 1. The molecular weight excluding hydrogens is 359 g/mol. The molecule has 2 aliphatic carbocycles. The number of hydrogen-bond acceptors (Lipinski definition) is 4. The number of halogens is 1. The molecule has 0 bridgehead atoms. The SMILES string of the molecule is O=C(NC1CCCc2c1cnn2-c1ccccc1F)c1noc2c1CCCC2. The molecule has 6 nitrogen and oxygen atoms in total. The maximum absolute atomic E-state index is 14.2. The Hall–Kier alpha value is -2.96. The Balaban J connectivity index is 1.42. The second kappa shape index (κ2) is 6.89. The average molecular weight is 380 g/mol. The van der Waals surface area contributed by atoms with Crippen molar-refractivity contribution in [1.82, 2.24) is 20.3 Å². The van der Waals surface area contributed by atoms with Gasteiger partial charge in [-0.05, 0) is 50.7 Å². The number of aromatic nitrogens is 3. The normalized spacial score (nSPS) is 18.4. The van der Waals surface area contributed by atoms with E-state index in [-0.39, 0.29) is 17.8 Å². The van der Waals surface area contributed by atoms with Crippen LogP contribution >= 0.6 is 0 Å². The molecule has 0 spiro atoms. The first kappa shape index (κ1) is 17.2. The van der Waals surface area contributed by atoms with Gasteiger partial charge in [0.1, 0.15) is 17.3 Å². The van der Waals surface area contributed by atoms with Crippen molar-refractivity contribution in [2.75, 3.05) is 0 Å². The Kier molecular flexibility index (Phi) is 4.22. The summed E-state index contributed by atoms with van der Waals surface area (Å²) in [5, 5.41) is 11.5. The molecule has 0 aliphatic heterocycles. The summed E-state index contributed by atoms with van der Waals surface area (Å²) < 4.78 is 21.3. The predicted molar refractivity (Wildman–Crippen MR) is 99.8 cm³/mol. The van der Waals surface area contributed by atoms with Crippen LogP contribution in [0.4, 0.5) is 4.39 Å². The molecule has 0 radical (unpaired) electrons. The number of para-hydroxylation sites is 1. The monoisotopic (exact) mass is 380 g/mol. The fraction of sp³-hybridized carbons (Fsp3) is 0.381. The average Bonchev–Trinajstić information content (AvgIpc) is 3.33. The van der Waals surface area contributed by atoms with Crippen LogP contribution in [0.5, 0.6) is 0 Å². The van der Waals surface area contributed by atoms with Crippen molar-refractivity contribution < 1.29 is 13.7 Å². The third-order valence-corrected chi connectivity index (χ3v) is 5.73. The van der Waals surface area contributed by atoms with Crippen LogP contribution in [0.15, 0.2) is 35.0 Å². The molecule has 1 aromatic carbocycles. The molecule has 2 aliphatic rings. The van der Waals surface area contributed by atoms with E-state index in [2.05, 4.69) is 15.6 Å². The van der Waals surface area contributed by atoms with Crippen LogP contribution in [0.25, 0.3) is 5.69 Å². The lowest BCUT2D eigenvalue weighted by molar-refractivity contribution is 0.0922. The predicted octanol–water partition coefficient (Wildman–Crippen LogP) is 3.69. The Bertz CT molecular complexity index is 1040. The van der Waals surface area contributed by atoms with Gasteiger partial charge in [0.2, 0.25) is 0 Å². The maximum atomic E-state index is 14.2. The standard InChI is InChI=1S/C21H21FN4O2/c22-15-7-2-3-9-18(15)26-17-10-5-8-16(14(17)12-23-26)24-21(27)20-13-6-1-4-11-19(13)28-25-20/h2-3,7,9,12,16H,1,4-6,8,10-11H2,(H,24,27). The van der Waals surface area contributed by atoms with Crippen molar-refractivity contribution in [2.24, 2.45) is 0 Å². The molecule has 1 atom stereocenters. The minimum atomic E-state index is -0.311. The van der Waals surface area contributed by atoms with Gasteiger partial charge in [-0.2, -0.15) is 5.10 Å². The van der Waals surface area contributed by atoms with Crippen molar-refractivity contribution in [3.05, 3.63) is 64.6 Å². The molecule has 0 saturated carbocycles. The minimum Gasteiger partial charge on any atom is -0.360 e. The summed E-state index contributed by atoms with van der Waals surface area (Å²) in [5.41, 5.74) is 3.68. The van der Waals surface area contributed by atoms with Crippen LogP contribution in [0.1, 0.15) is 64.8 Å². The summed E-state index contributed by atoms with van der Waals surface area (Å²) in [5.74, 6) is 0.324. The Morgan fingerprint density at radius 1 is 1.18 bits per heavy atom. The van der Waals surface area contributed by atoms with Crippen molar-refractivity contribution in [3.63, 3.8) is 0 Å². The van der Waals surface area contributed by atoms with E-state index >= 15 is 0 Å². The number of fused-ring (bicyclic) bond motifs is 2. The van der Waals surface area contributed by atoms with Gasteiger partial charge in [-0.3, -0.25) is 4.79 Å². The first-order valence-electron chi connectivity index (χ1n) is 9.82. The second-order valence-corrected chi connectivity index (χ2v) is 7.47. The van der Waals surface area contributed by atoms with E-state index in [0.29, 0.717) is 11.4 Å². The van der Waals surface area contributed by atoms with Crippen molar-refractivity contribution in [3.8, 4) is 5.69 Å². The fourth-order valence-electron chi connectivity index (χ4n) is 4.33. The van der Waals surface area contributed by atoms with Gasteiger partial charge in [0.15, 0.2) is 5.69 Å². The Labute approximate surface area is 161 Å². The molecule has 0 fully saturated rings. The molecule has 1 unspecified atom stereocenters. The summed E-state index contributed by atoms with van der Waals surface area (Å²) in [6, 6.07) is 6.44. The summed E-state index contributed by atoms with van der Waals surface area (Å²) in [4.78, 5) is 12.9. The molecule has 28 heavy (non-hydrogen) atoms. The number of rotatable bonds is 3. The van der Waals surface area contributed by atoms with E-state index in [9.17, 15) is 9.18 Å². The first-order chi connectivity index (χ1) is 13.7. The molecule has 2 aromatic heterocycles. The molecule has 3 aromatic rings. The maximum Gasteiger partial charge on any atom is 0.274 e. The molecule has 1 N–H and O–H groups in total. The van der Waals surface area contributed by atoms with Gasteiger partial charge < -0.3 is 9.84 Å². The quantitative estimate of drug-likeness (QED) is 0.752. The molecule has 7 heteroatoms. The van der Waals surface area contributed by atoms with E-state index in [1.807, 2.05) is 0 Å². The van der Waals surface area contributed by atoms with Gasteiger partial charge >= 0.3 is 0 Å². The van der Waals surface area contributed by atoms with Crippen LogP contribution in [-0.2, 0) is 19.3 Å². The van der Waals surface area contributed by atoms with Gasteiger partial charge in [0.05, 0.1) is 12.2 Å². The third-order valence-electron chi connectivity index (χ3n) is 5.73. The smallest absolute Gasteiger partial charge is 0.274 e. The highest BCUT2D eigenvalue weighted by Gasteiger charge is 2.30. The topological polar surface area (TPSA) is 73.0 Å². The Morgan fingerprint density at radius 2 is 2.04 bits per heavy atom. The fourth-order valence-corrected chi connectivity index (χ4v) is 4.33. The molecule has 0 saturated heterocycles. The minimum absolute atomic E-state index is 0.160. The van der Waals surface area contributed by atoms with Crippen LogP contribution in [-0.4, -0.2) is 20.8 Å².